The third-order valence-corrected chi connectivity index (χ3v) is 14.3. The first-order valence-corrected chi connectivity index (χ1v) is 22.1. The van der Waals surface area contributed by atoms with E-state index in [2.05, 4.69) is 231 Å². The molecule has 3 aliphatic rings. The van der Waals surface area contributed by atoms with Gasteiger partial charge in [0.05, 0.1) is 5.52 Å². The molecule has 1 heterocycles. The van der Waals surface area contributed by atoms with Crippen molar-refractivity contribution < 1.29 is 0 Å². The first-order valence-electron chi connectivity index (χ1n) is 22.1. The van der Waals surface area contributed by atoms with Gasteiger partial charge in [0.1, 0.15) is 0 Å². The van der Waals surface area contributed by atoms with E-state index in [-0.39, 0.29) is 10.8 Å². The van der Waals surface area contributed by atoms with Crippen molar-refractivity contribution in [3.63, 3.8) is 0 Å². The van der Waals surface area contributed by atoms with E-state index in [1.54, 1.807) is 0 Å². The first-order chi connectivity index (χ1) is 30.3. The van der Waals surface area contributed by atoms with E-state index in [0.29, 0.717) is 0 Å². The van der Waals surface area contributed by atoms with Crippen LogP contribution < -0.4 is 4.90 Å². The Balaban J connectivity index is 0.951. The molecule has 0 unspecified atom stereocenters. The summed E-state index contributed by atoms with van der Waals surface area (Å²) in [6.45, 7) is 9.55. The molecule has 298 valence electrons. The van der Waals surface area contributed by atoms with E-state index < -0.39 is 0 Å². The predicted octanol–water partition coefficient (Wildman–Crippen LogP) is 16.0. The molecule has 9 aromatic rings. The van der Waals surface area contributed by atoms with Crippen molar-refractivity contribution >= 4 is 34.0 Å². The van der Waals surface area contributed by atoms with Crippen molar-refractivity contribution in [3.05, 3.63) is 222 Å². The molecule has 62 heavy (non-hydrogen) atoms. The minimum atomic E-state index is -0.205. The molecule has 0 spiro atoms. The van der Waals surface area contributed by atoms with Crippen molar-refractivity contribution in [1.82, 2.24) is 4.57 Å². The molecule has 0 bridgehead atoms. The zero-order chi connectivity index (χ0) is 41.7. The quantitative estimate of drug-likeness (QED) is 0.163. The molecule has 12 rings (SSSR count). The normalized spacial score (nSPS) is 14.8. The third-order valence-electron chi connectivity index (χ3n) is 14.3. The maximum atomic E-state index is 2.47. The van der Waals surface area contributed by atoms with Crippen molar-refractivity contribution in [2.45, 2.75) is 51.4 Å². The lowest BCUT2D eigenvalue weighted by atomic mass is 9.81. The summed E-state index contributed by atoms with van der Waals surface area (Å²) in [5.41, 5.74) is 24.2. The Hall–Kier alpha value is -7.16. The van der Waals surface area contributed by atoms with Crippen LogP contribution in [0.5, 0.6) is 0 Å². The number of benzene rings is 8. The van der Waals surface area contributed by atoms with Crippen LogP contribution in [0.2, 0.25) is 0 Å². The van der Waals surface area contributed by atoms with Crippen LogP contribution in [0.15, 0.2) is 188 Å². The maximum Gasteiger partial charge on any atom is 0.0538 e. The summed E-state index contributed by atoms with van der Waals surface area (Å²) in [5, 5.41) is 1.32. The minimum Gasteiger partial charge on any atom is -0.313 e. The Morgan fingerprint density at radius 2 is 0.952 bits per heavy atom. The van der Waals surface area contributed by atoms with Crippen LogP contribution in [0, 0.1) is 0 Å². The molecule has 3 aliphatic carbocycles. The lowest BCUT2D eigenvalue weighted by Gasteiger charge is -2.30. The zero-order valence-corrected chi connectivity index (χ0v) is 35.8. The second kappa shape index (κ2) is 13.7. The van der Waals surface area contributed by atoms with Gasteiger partial charge < -0.3 is 9.47 Å². The van der Waals surface area contributed by atoms with E-state index in [4.69, 9.17) is 0 Å². The minimum absolute atomic E-state index is 0.101. The predicted molar refractivity (Wildman–Crippen MR) is 261 cm³/mol. The molecule has 0 amide bonds. The Morgan fingerprint density at radius 1 is 0.435 bits per heavy atom. The number of anilines is 3. The maximum absolute atomic E-state index is 2.47. The summed E-state index contributed by atoms with van der Waals surface area (Å²) in [5.74, 6) is 0. The fraction of sp³-hybridized carbons (Fsp3) is 0.133. The number of hydrogen-bond acceptors (Lipinski definition) is 1. The van der Waals surface area contributed by atoms with Crippen molar-refractivity contribution in [3.8, 4) is 50.2 Å². The number of fused-ring (bicyclic) bond motifs is 9. The highest BCUT2D eigenvalue weighted by molar-refractivity contribution is 5.97. The summed E-state index contributed by atoms with van der Waals surface area (Å²) >= 11 is 0. The molecule has 2 heteroatoms. The SMILES string of the molecule is CC1(C)c2ccccc2-c2ccc(N(c3ccc(-c4ccccc4)cc3)c3ccc4c(c3)C(C)(C)c3cc(-c5ccc6c(c5)c5c(n6-c6ccccc6)CCC=C5)ccc3-4)cc21. The Labute approximate surface area is 365 Å². The topological polar surface area (TPSA) is 8.17 Å². The fourth-order valence-electron chi connectivity index (χ4n) is 11.0. The van der Waals surface area contributed by atoms with Crippen LogP contribution in [-0.2, 0) is 17.3 Å². The molecular formula is C60H48N2. The largest absolute Gasteiger partial charge is 0.313 e. The monoisotopic (exact) mass is 796 g/mol. The lowest BCUT2D eigenvalue weighted by molar-refractivity contribution is 0.660. The Morgan fingerprint density at radius 3 is 1.66 bits per heavy atom. The van der Waals surface area contributed by atoms with Gasteiger partial charge in [-0.05, 0) is 146 Å². The summed E-state index contributed by atoms with van der Waals surface area (Å²) in [4.78, 5) is 2.46. The average Bonchev–Trinajstić information content (AvgIpc) is 3.86. The number of allylic oxidation sites excluding steroid dienone is 1. The van der Waals surface area contributed by atoms with Gasteiger partial charge in [0.2, 0.25) is 0 Å². The van der Waals surface area contributed by atoms with E-state index >= 15 is 0 Å². The van der Waals surface area contributed by atoms with Crippen molar-refractivity contribution in [2.24, 2.45) is 0 Å². The van der Waals surface area contributed by atoms with Gasteiger partial charge in [-0.15, -0.1) is 0 Å². The van der Waals surface area contributed by atoms with Gasteiger partial charge in [0, 0.05) is 50.2 Å². The van der Waals surface area contributed by atoms with Crippen molar-refractivity contribution in [2.75, 3.05) is 4.90 Å². The molecule has 0 radical (unpaired) electrons. The highest BCUT2D eigenvalue weighted by atomic mass is 15.1. The summed E-state index contributed by atoms with van der Waals surface area (Å²) in [6.07, 6.45) is 6.79. The molecule has 0 saturated heterocycles. The first kappa shape index (κ1) is 36.7. The second-order valence-corrected chi connectivity index (χ2v) is 18.5. The summed E-state index contributed by atoms with van der Waals surface area (Å²) < 4.78 is 2.47. The van der Waals surface area contributed by atoms with Crippen LogP contribution in [0.25, 0.3) is 67.2 Å². The van der Waals surface area contributed by atoms with Gasteiger partial charge in [0.25, 0.3) is 0 Å². The molecule has 0 atom stereocenters. The fourth-order valence-corrected chi connectivity index (χ4v) is 11.0. The van der Waals surface area contributed by atoms with Crippen LogP contribution in [0.4, 0.5) is 17.1 Å². The van der Waals surface area contributed by atoms with E-state index in [1.165, 1.54) is 100 Å². The zero-order valence-electron chi connectivity index (χ0n) is 35.8. The van der Waals surface area contributed by atoms with Gasteiger partial charge in [0.15, 0.2) is 0 Å². The number of aromatic nitrogens is 1. The molecule has 1 aromatic heterocycles. The molecular weight excluding hydrogens is 749 g/mol. The number of rotatable bonds is 6. The second-order valence-electron chi connectivity index (χ2n) is 18.5. The summed E-state index contributed by atoms with van der Waals surface area (Å²) in [6, 6.07) is 68.0. The Bertz CT molecular complexity index is 3270. The van der Waals surface area contributed by atoms with Gasteiger partial charge in [-0.25, -0.2) is 0 Å². The Kier molecular flexibility index (Phi) is 8.09. The third kappa shape index (κ3) is 5.49. The molecule has 0 saturated carbocycles. The molecule has 2 nitrogen and oxygen atoms in total. The van der Waals surface area contributed by atoms with E-state index in [1.807, 2.05) is 0 Å². The van der Waals surface area contributed by atoms with Crippen molar-refractivity contribution in [1.29, 1.82) is 0 Å². The summed E-state index contributed by atoms with van der Waals surface area (Å²) in [7, 11) is 0. The molecule has 0 fully saturated rings. The number of hydrogen-bond donors (Lipinski definition) is 0. The van der Waals surface area contributed by atoms with E-state index in [0.717, 1.165) is 24.2 Å². The van der Waals surface area contributed by atoms with E-state index in [9.17, 15) is 0 Å². The number of nitrogens with zero attached hydrogens (tertiary/aromatic N) is 2. The van der Waals surface area contributed by atoms with Crippen LogP contribution in [-0.4, -0.2) is 4.57 Å². The highest BCUT2D eigenvalue weighted by Crippen LogP contribution is 2.54. The van der Waals surface area contributed by atoms with Gasteiger partial charge in [-0.2, -0.15) is 0 Å². The van der Waals surface area contributed by atoms with Gasteiger partial charge >= 0.3 is 0 Å². The standard InChI is InChI=1S/C60H48N2/c1-59(2)53-21-13-11-19-47(53)49-32-29-45(37-55(49)59)61(44-27-23-40(24-28-44)39-15-7-5-8-16-39)46-30-33-50-48-31-25-42(36-54(48)60(3,4)56(50)38-46)41-26-34-58-52(35-41)51-20-12-14-22-57(51)62(58)43-17-9-6-10-18-43/h5-13,15-21,23-38H,14,22H2,1-4H3. The van der Waals surface area contributed by atoms with Crippen LogP contribution in [0.1, 0.15) is 67.6 Å². The molecule has 0 aliphatic heterocycles. The van der Waals surface area contributed by atoms with Crippen LogP contribution >= 0.6 is 0 Å². The van der Waals surface area contributed by atoms with Crippen LogP contribution in [0.3, 0.4) is 0 Å². The molecule has 8 aromatic carbocycles. The molecule has 0 N–H and O–H groups in total. The average molecular weight is 797 g/mol. The smallest absolute Gasteiger partial charge is 0.0538 e. The van der Waals surface area contributed by atoms with Gasteiger partial charge in [-0.1, -0.05) is 155 Å². The lowest BCUT2D eigenvalue weighted by Crippen LogP contribution is -2.18. The number of para-hydroxylation sites is 1. The van der Waals surface area contributed by atoms with Gasteiger partial charge in [-0.3, -0.25) is 0 Å². The highest BCUT2D eigenvalue weighted by Gasteiger charge is 2.38.